The number of amides is 2. The number of benzene rings is 2. The number of ether oxygens (including phenoxy) is 2. The predicted molar refractivity (Wildman–Crippen MR) is 93.8 cm³/mol. The van der Waals surface area contributed by atoms with Crippen molar-refractivity contribution in [2.45, 2.75) is 25.3 Å². The number of fused-ring (bicyclic) bond motifs is 1. The molecule has 126 valence electrons. The fourth-order valence-corrected chi connectivity index (χ4v) is 3.14. The SMILES string of the molecule is COc1ccc(NC(=O)N[C@@H]2CCCc3ccccc32)cc1OC. The van der Waals surface area contributed by atoms with Crippen LogP contribution < -0.4 is 20.1 Å². The van der Waals surface area contributed by atoms with Gasteiger partial charge in [-0.05, 0) is 42.5 Å². The average molecular weight is 326 g/mol. The number of aryl methyl sites for hydroxylation is 1. The van der Waals surface area contributed by atoms with Crippen molar-refractivity contribution in [1.82, 2.24) is 5.32 Å². The molecule has 1 aliphatic rings. The third-order valence-corrected chi connectivity index (χ3v) is 4.32. The monoisotopic (exact) mass is 326 g/mol. The second-order valence-electron chi connectivity index (χ2n) is 5.81. The van der Waals surface area contributed by atoms with Gasteiger partial charge < -0.3 is 20.1 Å². The summed E-state index contributed by atoms with van der Waals surface area (Å²) in [5.74, 6) is 1.21. The standard InChI is InChI=1S/C19H22N2O3/c1-23-17-11-10-14(12-18(17)24-2)20-19(22)21-16-9-5-7-13-6-3-4-8-15(13)16/h3-4,6,8,10-12,16H,5,7,9H2,1-2H3,(H2,20,21,22)/t16-/m1/s1. The summed E-state index contributed by atoms with van der Waals surface area (Å²) in [4.78, 5) is 12.4. The van der Waals surface area contributed by atoms with E-state index in [0.717, 1.165) is 19.3 Å². The Bertz CT molecular complexity index is 730. The molecule has 0 aliphatic heterocycles. The summed E-state index contributed by atoms with van der Waals surface area (Å²) >= 11 is 0. The number of anilines is 1. The van der Waals surface area contributed by atoms with Crippen LogP contribution in [0, 0.1) is 0 Å². The number of hydrogen-bond acceptors (Lipinski definition) is 3. The maximum Gasteiger partial charge on any atom is 0.319 e. The van der Waals surface area contributed by atoms with Crippen molar-refractivity contribution in [1.29, 1.82) is 0 Å². The number of carbonyl (C=O) groups is 1. The molecule has 5 heteroatoms. The first kappa shape index (κ1) is 16.2. The van der Waals surface area contributed by atoms with E-state index in [-0.39, 0.29) is 12.1 Å². The fraction of sp³-hybridized carbons (Fsp3) is 0.316. The molecule has 2 aromatic rings. The van der Waals surface area contributed by atoms with E-state index < -0.39 is 0 Å². The van der Waals surface area contributed by atoms with E-state index in [1.807, 2.05) is 12.1 Å². The van der Waals surface area contributed by atoms with Gasteiger partial charge in [-0.25, -0.2) is 4.79 Å². The molecule has 2 amide bonds. The minimum atomic E-state index is -0.219. The quantitative estimate of drug-likeness (QED) is 0.896. The van der Waals surface area contributed by atoms with Gasteiger partial charge in [-0.3, -0.25) is 0 Å². The van der Waals surface area contributed by atoms with Crippen LogP contribution in [0.4, 0.5) is 10.5 Å². The van der Waals surface area contributed by atoms with Gasteiger partial charge in [-0.2, -0.15) is 0 Å². The summed E-state index contributed by atoms with van der Waals surface area (Å²) in [6.45, 7) is 0. The van der Waals surface area contributed by atoms with Gasteiger partial charge in [-0.1, -0.05) is 24.3 Å². The average Bonchev–Trinajstić information content (AvgIpc) is 2.62. The molecule has 2 aromatic carbocycles. The molecule has 2 N–H and O–H groups in total. The lowest BCUT2D eigenvalue weighted by molar-refractivity contribution is 0.247. The van der Waals surface area contributed by atoms with Crippen LogP contribution in [-0.4, -0.2) is 20.3 Å². The molecular weight excluding hydrogens is 304 g/mol. The fourth-order valence-electron chi connectivity index (χ4n) is 3.14. The van der Waals surface area contributed by atoms with Gasteiger partial charge >= 0.3 is 6.03 Å². The van der Waals surface area contributed by atoms with E-state index in [4.69, 9.17) is 9.47 Å². The Morgan fingerprint density at radius 3 is 2.67 bits per heavy atom. The van der Waals surface area contributed by atoms with Gasteiger partial charge in [-0.15, -0.1) is 0 Å². The van der Waals surface area contributed by atoms with E-state index in [2.05, 4.69) is 22.8 Å². The third kappa shape index (κ3) is 3.45. The Kier molecular flexibility index (Phi) is 4.89. The minimum absolute atomic E-state index is 0.0510. The van der Waals surface area contributed by atoms with Crippen molar-refractivity contribution < 1.29 is 14.3 Å². The maximum atomic E-state index is 12.4. The van der Waals surface area contributed by atoms with Crippen molar-refractivity contribution in [2.75, 3.05) is 19.5 Å². The zero-order chi connectivity index (χ0) is 16.9. The zero-order valence-corrected chi connectivity index (χ0v) is 14.0. The normalized spacial score (nSPS) is 16.0. The molecule has 5 nitrogen and oxygen atoms in total. The van der Waals surface area contributed by atoms with E-state index in [1.54, 1.807) is 32.4 Å². The molecular formula is C19H22N2O3. The smallest absolute Gasteiger partial charge is 0.319 e. The predicted octanol–water partition coefficient (Wildman–Crippen LogP) is 3.90. The highest BCUT2D eigenvalue weighted by Gasteiger charge is 2.21. The van der Waals surface area contributed by atoms with Gasteiger partial charge in [0.2, 0.25) is 0 Å². The van der Waals surface area contributed by atoms with E-state index in [0.29, 0.717) is 17.2 Å². The molecule has 0 bridgehead atoms. The second-order valence-corrected chi connectivity index (χ2v) is 5.81. The summed E-state index contributed by atoms with van der Waals surface area (Å²) in [6.07, 6.45) is 3.11. The Labute approximate surface area is 142 Å². The van der Waals surface area contributed by atoms with Crippen molar-refractivity contribution in [3.05, 3.63) is 53.6 Å². The number of urea groups is 1. The molecule has 0 unspecified atom stereocenters. The minimum Gasteiger partial charge on any atom is -0.493 e. The van der Waals surface area contributed by atoms with Crippen LogP contribution >= 0.6 is 0 Å². The number of carbonyl (C=O) groups excluding carboxylic acids is 1. The Morgan fingerprint density at radius 1 is 1.08 bits per heavy atom. The number of nitrogens with one attached hydrogen (secondary N) is 2. The first-order chi connectivity index (χ1) is 11.7. The van der Waals surface area contributed by atoms with E-state index >= 15 is 0 Å². The van der Waals surface area contributed by atoms with Crippen LogP contribution in [0.1, 0.15) is 30.0 Å². The summed E-state index contributed by atoms with van der Waals surface area (Å²) < 4.78 is 10.5. The molecule has 0 heterocycles. The lowest BCUT2D eigenvalue weighted by Gasteiger charge is -2.26. The zero-order valence-electron chi connectivity index (χ0n) is 14.0. The third-order valence-electron chi connectivity index (χ3n) is 4.32. The number of methoxy groups -OCH3 is 2. The highest BCUT2D eigenvalue weighted by Crippen LogP contribution is 2.31. The maximum absolute atomic E-state index is 12.4. The van der Waals surface area contributed by atoms with E-state index in [9.17, 15) is 4.79 Å². The Hall–Kier alpha value is -2.69. The summed E-state index contributed by atoms with van der Waals surface area (Å²) in [5.41, 5.74) is 3.20. The van der Waals surface area contributed by atoms with Crippen molar-refractivity contribution in [3.8, 4) is 11.5 Å². The van der Waals surface area contributed by atoms with Crippen molar-refractivity contribution in [3.63, 3.8) is 0 Å². The van der Waals surface area contributed by atoms with Gasteiger partial charge in [0.15, 0.2) is 11.5 Å². The molecule has 3 rings (SSSR count). The van der Waals surface area contributed by atoms with Crippen LogP contribution in [0.3, 0.4) is 0 Å². The molecule has 1 aliphatic carbocycles. The first-order valence-corrected chi connectivity index (χ1v) is 8.08. The topological polar surface area (TPSA) is 59.6 Å². The number of rotatable bonds is 4. The van der Waals surface area contributed by atoms with Gasteiger partial charge in [0.25, 0.3) is 0 Å². The molecule has 0 aromatic heterocycles. The molecule has 0 spiro atoms. The lowest BCUT2D eigenvalue weighted by atomic mass is 9.88. The van der Waals surface area contributed by atoms with Gasteiger partial charge in [0.1, 0.15) is 0 Å². The highest BCUT2D eigenvalue weighted by atomic mass is 16.5. The lowest BCUT2D eigenvalue weighted by Crippen LogP contribution is -2.34. The summed E-state index contributed by atoms with van der Waals surface area (Å²) in [6, 6.07) is 13.4. The molecule has 0 saturated carbocycles. The van der Waals surface area contributed by atoms with Crippen LogP contribution in [0.15, 0.2) is 42.5 Å². The van der Waals surface area contributed by atoms with Gasteiger partial charge in [0.05, 0.1) is 20.3 Å². The Balaban J connectivity index is 1.69. The van der Waals surface area contributed by atoms with Crippen LogP contribution in [0.5, 0.6) is 11.5 Å². The van der Waals surface area contributed by atoms with Crippen LogP contribution in [-0.2, 0) is 6.42 Å². The van der Waals surface area contributed by atoms with Crippen LogP contribution in [0.2, 0.25) is 0 Å². The van der Waals surface area contributed by atoms with Crippen molar-refractivity contribution in [2.24, 2.45) is 0 Å². The van der Waals surface area contributed by atoms with Crippen molar-refractivity contribution >= 4 is 11.7 Å². The van der Waals surface area contributed by atoms with E-state index in [1.165, 1.54) is 11.1 Å². The summed E-state index contributed by atoms with van der Waals surface area (Å²) in [5, 5.41) is 5.93. The molecule has 0 fully saturated rings. The second kappa shape index (κ2) is 7.25. The molecule has 0 saturated heterocycles. The molecule has 24 heavy (non-hydrogen) atoms. The first-order valence-electron chi connectivity index (χ1n) is 8.08. The Morgan fingerprint density at radius 2 is 1.88 bits per heavy atom. The van der Waals surface area contributed by atoms with Gasteiger partial charge in [0, 0.05) is 11.8 Å². The molecule has 1 atom stereocenters. The van der Waals surface area contributed by atoms with Crippen LogP contribution in [0.25, 0.3) is 0 Å². The summed E-state index contributed by atoms with van der Waals surface area (Å²) in [7, 11) is 3.15. The molecule has 0 radical (unpaired) electrons. The number of hydrogen-bond donors (Lipinski definition) is 2. The largest absolute Gasteiger partial charge is 0.493 e. The highest BCUT2D eigenvalue weighted by molar-refractivity contribution is 5.90.